The van der Waals surface area contributed by atoms with Crippen LogP contribution in [0, 0.1) is 0 Å². The Morgan fingerprint density at radius 2 is 1.89 bits per heavy atom. The summed E-state index contributed by atoms with van der Waals surface area (Å²) in [6.45, 7) is 5.59. The Hall–Kier alpha value is -1.36. The molecule has 0 aromatic carbocycles. The fourth-order valence-corrected chi connectivity index (χ4v) is 1.83. The molecule has 1 atom stereocenters. The van der Waals surface area contributed by atoms with Gasteiger partial charge in [0, 0.05) is 25.1 Å². The Balaban J connectivity index is 2.01. The van der Waals surface area contributed by atoms with Crippen molar-refractivity contribution in [2.24, 2.45) is 0 Å². The van der Waals surface area contributed by atoms with Gasteiger partial charge in [0.05, 0.1) is 6.10 Å². The summed E-state index contributed by atoms with van der Waals surface area (Å²) in [5, 5.41) is 15.9. The van der Waals surface area contributed by atoms with Gasteiger partial charge in [-0.2, -0.15) is 0 Å². The van der Waals surface area contributed by atoms with Gasteiger partial charge in [-0.1, -0.05) is 6.92 Å². The number of nitrogens with zero attached hydrogens (tertiary/aromatic N) is 2. The topological polar surface area (TPSA) is 70.1 Å². The summed E-state index contributed by atoms with van der Waals surface area (Å²) in [7, 11) is 0. The van der Waals surface area contributed by atoms with Crippen LogP contribution in [0.1, 0.15) is 51.3 Å². The molecule has 1 aromatic rings. The third-order valence-electron chi connectivity index (χ3n) is 3.11. The Labute approximate surface area is 114 Å². The second kappa shape index (κ2) is 6.70. The SMILES string of the molecule is CCCNc1cc(NCCC(C)O)nc(C2CC2)n1. The standard InChI is InChI=1S/C14H24N4O/c1-3-7-15-12-9-13(16-8-6-10(2)19)18-14(17-12)11-4-5-11/h9-11,19H,3-8H2,1-2H3,(H2,15,16,17,18). The lowest BCUT2D eigenvalue weighted by molar-refractivity contribution is 0.188. The van der Waals surface area contributed by atoms with E-state index in [0.29, 0.717) is 5.92 Å². The molecule has 1 aliphatic carbocycles. The molecule has 19 heavy (non-hydrogen) atoms. The van der Waals surface area contributed by atoms with Crippen molar-refractivity contribution < 1.29 is 5.11 Å². The third-order valence-corrected chi connectivity index (χ3v) is 3.11. The van der Waals surface area contributed by atoms with E-state index in [9.17, 15) is 5.11 Å². The van der Waals surface area contributed by atoms with Crippen LogP contribution < -0.4 is 10.6 Å². The van der Waals surface area contributed by atoms with Gasteiger partial charge in [0.1, 0.15) is 17.5 Å². The highest BCUT2D eigenvalue weighted by Crippen LogP contribution is 2.38. The van der Waals surface area contributed by atoms with E-state index in [1.807, 2.05) is 6.07 Å². The van der Waals surface area contributed by atoms with E-state index in [1.165, 1.54) is 12.8 Å². The van der Waals surface area contributed by atoms with Crippen molar-refractivity contribution in [1.29, 1.82) is 0 Å². The van der Waals surface area contributed by atoms with E-state index in [4.69, 9.17) is 0 Å². The van der Waals surface area contributed by atoms with Gasteiger partial charge in [-0.05, 0) is 32.6 Å². The first-order valence-electron chi connectivity index (χ1n) is 7.23. The molecule has 1 aliphatic rings. The van der Waals surface area contributed by atoms with Crippen LogP contribution >= 0.6 is 0 Å². The first kappa shape index (κ1) is 14.1. The minimum Gasteiger partial charge on any atom is -0.393 e. The van der Waals surface area contributed by atoms with Crippen molar-refractivity contribution in [2.45, 2.75) is 51.6 Å². The summed E-state index contributed by atoms with van der Waals surface area (Å²) in [5.41, 5.74) is 0. The number of hydrogen-bond donors (Lipinski definition) is 3. The van der Waals surface area contributed by atoms with Crippen LogP contribution in [0.4, 0.5) is 11.6 Å². The van der Waals surface area contributed by atoms with Crippen molar-refractivity contribution in [1.82, 2.24) is 9.97 Å². The van der Waals surface area contributed by atoms with Gasteiger partial charge in [-0.3, -0.25) is 0 Å². The van der Waals surface area contributed by atoms with Gasteiger partial charge < -0.3 is 15.7 Å². The number of anilines is 2. The molecule has 3 N–H and O–H groups in total. The predicted molar refractivity (Wildman–Crippen MR) is 77.6 cm³/mol. The Bertz CT molecular complexity index is 404. The molecule has 2 rings (SSSR count). The van der Waals surface area contributed by atoms with Crippen LogP contribution in [-0.4, -0.2) is 34.3 Å². The molecule has 0 aliphatic heterocycles. The maximum absolute atomic E-state index is 9.27. The lowest BCUT2D eigenvalue weighted by atomic mass is 10.3. The highest BCUT2D eigenvalue weighted by molar-refractivity contribution is 5.48. The van der Waals surface area contributed by atoms with Crippen molar-refractivity contribution >= 4 is 11.6 Å². The van der Waals surface area contributed by atoms with Crippen molar-refractivity contribution in [3.05, 3.63) is 11.9 Å². The second-order valence-corrected chi connectivity index (χ2v) is 5.26. The zero-order chi connectivity index (χ0) is 13.7. The van der Waals surface area contributed by atoms with Gasteiger partial charge in [0.2, 0.25) is 0 Å². The fourth-order valence-electron chi connectivity index (χ4n) is 1.83. The summed E-state index contributed by atoms with van der Waals surface area (Å²) >= 11 is 0. The lowest BCUT2D eigenvalue weighted by Gasteiger charge is -2.11. The monoisotopic (exact) mass is 264 g/mol. The zero-order valence-corrected chi connectivity index (χ0v) is 11.8. The van der Waals surface area contributed by atoms with Crippen LogP contribution in [0.25, 0.3) is 0 Å². The number of aromatic nitrogens is 2. The summed E-state index contributed by atoms with van der Waals surface area (Å²) in [4.78, 5) is 9.12. The van der Waals surface area contributed by atoms with Gasteiger partial charge >= 0.3 is 0 Å². The smallest absolute Gasteiger partial charge is 0.136 e. The molecule has 0 spiro atoms. The van der Waals surface area contributed by atoms with Crippen molar-refractivity contribution in [3.8, 4) is 0 Å². The second-order valence-electron chi connectivity index (χ2n) is 5.26. The quantitative estimate of drug-likeness (QED) is 0.672. The maximum Gasteiger partial charge on any atom is 0.136 e. The molecule has 5 nitrogen and oxygen atoms in total. The number of aliphatic hydroxyl groups is 1. The molecule has 1 heterocycles. The number of rotatable bonds is 8. The average molecular weight is 264 g/mol. The number of nitrogens with one attached hydrogen (secondary N) is 2. The molecule has 1 saturated carbocycles. The van der Waals surface area contributed by atoms with E-state index in [-0.39, 0.29) is 6.10 Å². The molecule has 0 amide bonds. The fraction of sp³-hybridized carbons (Fsp3) is 0.714. The lowest BCUT2D eigenvalue weighted by Crippen LogP contribution is -2.12. The zero-order valence-electron chi connectivity index (χ0n) is 11.8. The van der Waals surface area contributed by atoms with E-state index in [0.717, 1.165) is 43.4 Å². The molecule has 5 heteroatoms. The highest BCUT2D eigenvalue weighted by atomic mass is 16.3. The van der Waals surface area contributed by atoms with Crippen LogP contribution in [-0.2, 0) is 0 Å². The Morgan fingerprint density at radius 3 is 2.42 bits per heavy atom. The Kier molecular flexibility index (Phi) is 4.96. The molecule has 0 bridgehead atoms. The molecule has 106 valence electrons. The van der Waals surface area contributed by atoms with Crippen LogP contribution in [0.3, 0.4) is 0 Å². The molecule has 1 aromatic heterocycles. The highest BCUT2D eigenvalue weighted by Gasteiger charge is 2.27. The predicted octanol–water partition coefficient (Wildman–Crippen LogP) is 2.36. The molecule has 1 unspecified atom stereocenters. The van der Waals surface area contributed by atoms with E-state index >= 15 is 0 Å². The van der Waals surface area contributed by atoms with E-state index in [1.54, 1.807) is 6.92 Å². The van der Waals surface area contributed by atoms with Gasteiger partial charge in [0.15, 0.2) is 0 Å². The van der Waals surface area contributed by atoms with Crippen LogP contribution in [0.5, 0.6) is 0 Å². The first-order valence-corrected chi connectivity index (χ1v) is 7.23. The van der Waals surface area contributed by atoms with Gasteiger partial charge in [-0.15, -0.1) is 0 Å². The largest absolute Gasteiger partial charge is 0.393 e. The number of hydrogen-bond acceptors (Lipinski definition) is 5. The normalized spacial score (nSPS) is 16.2. The maximum atomic E-state index is 9.27. The minimum atomic E-state index is -0.282. The molecular weight excluding hydrogens is 240 g/mol. The molecule has 1 fully saturated rings. The van der Waals surface area contributed by atoms with Gasteiger partial charge in [-0.25, -0.2) is 9.97 Å². The first-order chi connectivity index (χ1) is 9.19. The van der Waals surface area contributed by atoms with Crippen LogP contribution in [0.2, 0.25) is 0 Å². The van der Waals surface area contributed by atoms with E-state index in [2.05, 4.69) is 27.5 Å². The molecular formula is C14H24N4O. The summed E-state index contributed by atoms with van der Waals surface area (Å²) in [6, 6.07) is 1.95. The summed E-state index contributed by atoms with van der Waals surface area (Å²) in [5.74, 6) is 3.25. The van der Waals surface area contributed by atoms with Crippen LogP contribution in [0.15, 0.2) is 6.07 Å². The summed E-state index contributed by atoms with van der Waals surface area (Å²) < 4.78 is 0. The Morgan fingerprint density at radius 1 is 1.26 bits per heavy atom. The third kappa shape index (κ3) is 4.67. The number of aliphatic hydroxyl groups excluding tert-OH is 1. The average Bonchev–Trinajstić information content (AvgIpc) is 3.20. The van der Waals surface area contributed by atoms with Gasteiger partial charge in [0.25, 0.3) is 0 Å². The molecule has 0 radical (unpaired) electrons. The summed E-state index contributed by atoms with van der Waals surface area (Å²) in [6.07, 6.45) is 3.91. The van der Waals surface area contributed by atoms with E-state index < -0.39 is 0 Å². The van der Waals surface area contributed by atoms with Crippen molar-refractivity contribution in [3.63, 3.8) is 0 Å². The molecule has 0 saturated heterocycles. The minimum absolute atomic E-state index is 0.282. The van der Waals surface area contributed by atoms with Crippen molar-refractivity contribution in [2.75, 3.05) is 23.7 Å².